The molecular formula is C21H21N5O4S2. The van der Waals surface area contributed by atoms with Crippen molar-refractivity contribution in [2.24, 2.45) is 0 Å². The lowest BCUT2D eigenvalue weighted by Gasteiger charge is -2.08. The molecule has 0 bridgehead atoms. The first kappa shape index (κ1) is 22.0. The van der Waals surface area contributed by atoms with Gasteiger partial charge in [-0.15, -0.1) is 21.5 Å². The van der Waals surface area contributed by atoms with E-state index >= 15 is 0 Å². The van der Waals surface area contributed by atoms with E-state index in [1.807, 2.05) is 32.9 Å². The molecule has 4 heterocycles. The fourth-order valence-electron chi connectivity index (χ4n) is 3.20. The Balaban J connectivity index is 1.53. The standard InChI is InChI=1S/C21H21N5O4S2/c1-5-29-19(28)17-14(15-7-6-13(4)30-15)9-31-18(17)23-16(27)10-32-21-25-24-20-22-11(2)8-12(3)26(20)21/h6-9H,5,10H2,1-4H3,(H,23,27). The molecule has 4 aromatic rings. The van der Waals surface area contributed by atoms with Crippen LogP contribution in [0.2, 0.25) is 0 Å². The number of carbonyl (C=O) groups is 2. The Morgan fingerprint density at radius 3 is 2.78 bits per heavy atom. The number of furan rings is 1. The maximum atomic E-state index is 12.7. The predicted octanol–water partition coefficient (Wildman–Crippen LogP) is 4.28. The molecule has 0 spiro atoms. The Morgan fingerprint density at radius 2 is 2.06 bits per heavy atom. The lowest BCUT2D eigenvalue weighted by atomic mass is 10.1. The SMILES string of the molecule is CCOC(=O)c1c(-c2ccc(C)o2)csc1NC(=O)CSc1nnc2nc(C)cc(C)n12. The van der Waals surface area contributed by atoms with Gasteiger partial charge in [-0.05, 0) is 45.9 Å². The largest absolute Gasteiger partial charge is 0.462 e. The fraction of sp³-hybridized carbons (Fsp3) is 0.286. The van der Waals surface area contributed by atoms with Gasteiger partial charge in [-0.3, -0.25) is 9.20 Å². The summed E-state index contributed by atoms with van der Waals surface area (Å²) in [5, 5.41) is 13.8. The Labute approximate surface area is 192 Å². The van der Waals surface area contributed by atoms with Crippen LogP contribution in [0.4, 0.5) is 5.00 Å². The minimum atomic E-state index is -0.513. The average Bonchev–Trinajstić information content (AvgIpc) is 3.44. The van der Waals surface area contributed by atoms with Gasteiger partial charge < -0.3 is 14.5 Å². The van der Waals surface area contributed by atoms with E-state index in [4.69, 9.17) is 9.15 Å². The summed E-state index contributed by atoms with van der Waals surface area (Å²) in [5.74, 6) is 1.06. The highest BCUT2D eigenvalue weighted by Crippen LogP contribution is 2.37. The van der Waals surface area contributed by atoms with Crippen molar-refractivity contribution in [1.82, 2.24) is 19.6 Å². The van der Waals surface area contributed by atoms with Crippen LogP contribution in [0.15, 0.2) is 33.2 Å². The van der Waals surface area contributed by atoms with E-state index in [2.05, 4.69) is 20.5 Å². The zero-order valence-electron chi connectivity index (χ0n) is 18.0. The van der Waals surface area contributed by atoms with Crippen LogP contribution in [-0.4, -0.2) is 43.8 Å². The van der Waals surface area contributed by atoms with Crippen LogP contribution >= 0.6 is 23.1 Å². The van der Waals surface area contributed by atoms with Crippen molar-refractivity contribution in [1.29, 1.82) is 0 Å². The average molecular weight is 472 g/mol. The number of hydrogen-bond donors (Lipinski definition) is 1. The number of aryl methyl sites for hydroxylation is 3. The Bertz CT molecular complexity index is 1310. The Hall–Kier alpha value is -3.18. The number of hydrogen-bond acceptors (Lipinski definition) is 9. The van der Waals surface area contributed by atoms with Gasteiger partial charge in [-0.2, -0.15) is 0 Å². The molecule has 166 valence electrons. The number of anilines is 1. The highest BCUT2D eigenvalue weighted by Gasteiger charge is 2.24. The van der Waals surface area contributed by atoms with E-state index in [1.165, 1.54) is 23.1 Å². The van der Waals surface area contributed by atoms with E-state index in [9.17, 15) is 9.59 Å². The molecule has 0 atom stereocenters. The number of nitrogens with one attached hydrogen (secondary N) is 1. The van der Waals surface area contributed by atoms with E-state index < -0.39 is 5.97 Å². The molecule has 11 heteroatoms. The second kappa shape index (κ2) is 9.13. The number of thiophene rings is 1. The van der Waals surface area contributed by atoms with Crippen molar-refractivity contribution in [2.75, 3.05) is 17.7 Å². The second-order valence-corrected chi connectivity index (χ2v) is 8.80. The molecule has 0 saturated carbocycles. The first-order valence-electron chi connectivity index (χ1n) is 9.84. The molecule has 0 aromatic carbocycles. The van der Waals surface area contributed by atoms with Crippen molar-refractivity contribution in [3.63, 3.8) is 0 Å². The minimum absolute atomic E-state index is 0.0868. The van der Waals surface area contributed by atoms with Crippen LogP contribution in [0, 0.1) is 20.8 Å². The van der Waals surface area contributed by atoms with Crippen LogP contribution in [0.1, 0.15) is 34.4 Å². The highest BCUT2D eigenvalue weighted by atomic mass is 32.2. The van der Waals surface area contributed by atoms with Crippen LogP contribution in [0.5, 0.6) is 0 Å². The van der Waals surface area contributed by atoms with Crippen molar-refractivity contribution >= 4 is 45.8 Å². The van der Waals surface area contributed by atoms with E-state index in [0.717, 1.165) is 17.1 Å². The Morgan fingerprint density at radius 1 is 1.25 bits per heavy atom. The molecule has 0 radical (unpaired) electrons. The van der Waals surface area contributed by atoms with E-state index in [0.29, 0.717) is 27.3 Å². The molecule has 0 fully saturated rings. The summed E-state index contributed by atoms with van der Waals surface area (Å²) in [7, 11) is 0. The molecular weight excluding hydrogens is 450 g/mol. The summed E-state index contributed by atoms with van der Waals surface area (Å²) in [6.07, 6.45) is 0. The number of fused-ring (bicyclic) bond motifs is 1. The van der Waals surface area contributed by atoms with Crippen molar-refractivity contribution < 1.29 is 18.7 Å². The third-order valence-corrected chi connectivity index (χ3v) is 6.35. The van der Waals surface area contributed by atoms with Gasteiger partial charge in [0.1, 0.15) is 22.1 Å². The summed E-state index contributed by atoms with van der Waals surface area (Å²) in [6, 6.07) is 5.53. The number of rotatable bonds is 7. The minimum Gasteiger partial charge on any atom is -0.462 e. The maximum Gasteiger partial charge on any atom is 0.341 e. The summed E-state index contributed by atoms with van der Waals surface area (Å²) in [5.41, 5.74) is 2.66. The van der Waals surface area contributed by atoms with Crippen LogP contribution in [-0.2, 0) is 9.53 Å². The van der Waals surface area contributed by atoms with Gasteiger partial charge in [0.05, 0.1) is 12.4 Å². The van der Waals surface area contributed by atoms with Crippen LogP contribution < -0.4 is 5.32 Å². The van der Waals surface area contributed by atoms with Gasteiger partial charge in [-0.1, -0.05) is 11.8 Å². The third kappa shape index (κ3) is 4.39. The third-order valence-electron chi connectivity index (χ3n) is 4.52. The first-order chi connectivity index (χ1) is 15.4. The normalized spacial score (nSPS) is 11.1. The molecule has 0 aliphatic carbocycles. The van der Waals surface area contributed by atoms with Gasteiger partial charge >= 0.3 is 5.97 Å². The van der Waals surface area contributed by atoms with Crippen molar-refractivity contribution in [3.05, 3.63) is 46.3 Å². The molecule has 4 rings (SSSR count). The van der Waals surface area contributed by atoms with Gasteiger partial charge in [0, 0.05) is 22.3 Å². The molecule has 0 saturated heterocycles. The van der Waals surface area contributed by atoms with Crippen molar-refractivity contribution in [3.8, 4) is 11.3 Å². The summed E-state index contributed by atoms with van der Waals surface area (Å²) >= 11 is 2.49. The van der Waals surface area contributed by atoms with Gasteiger partial charge in [0.2, 0.25) is 5.91 Å². The fourth-order valence-corrected chi connectivity index (χ4v) is 4.94. The number of esters is 1. The topological polar surface area (TPSA) is 112 Å². The molecule has 0 unspecified atom stereocenters. The van der Waals surface area contributed by atoms with Crippen molar-refractivity contribution in [2.45, 2.75) is 32.9 Å². The number of amides is 1. The van der Waals surface area contributed by atoms with E-state index in [1.54, 1.807) is 22.8 Å². The van der Waals surface area contributed by atoms with E-state index in [-0.39, 0.29) is 23.8 Å². The lowest BCUT2D eigenvalue weighted by Crippen LogP contribution is -2.16. The number of thioether (sulfide) groups is 1. The van der Waals surface area contributed by atoms with Crippen LogP contribution in [0.3, 0.4) is 0 Å². The number of ether oxygens (including phenoxy) is 1. The quantitative estimate of drug-likeness (QED) is 0.314. The number of nitrogens with zero attached hydrogens (tertiary/aromatic N) is 4. The van der Waals surface area contributed by atoms with Gasteiger partial charge in [-0.25, -0.2) is 9.78 Å². The summed E-state index contributed by atoms with van der Waals surface area (Å²) in [6.45, 7) is 7.61. The summed E-state index contributed by atoms with van der Waals surface area (Å²) in [4.78, 5) is 29.7. The zero-order chi connectivity index (χ0) is 22.8. The molecule has 9 nitrogen and oxygen atoms in total. The smallest absolute Gasteiger partial charge is 0.341 e. The maximum absolute atomic E-state index is 12.7. The molecule has 0 aliphatic heterocycles. The first-order valence-corrected chi connectivity index (χ1v) is 11.7. The van der Waals surface area contributed by atoms with Gasteiger partial charge in [0.15, 0.2) is 5.16 Å². The Kier molecular flexibility index (Phi) is 6.28. The number of aromatic nitrogens is 4. The molecule has 1 amide bonds. The monoisotopic (exact) mass is 471 g/mol. The van der Waals surface area contributed by atoms with Gasteiger partial charge in [0.25, 0.3) is 5.78 Å². The molecule has 4 aromatic heterocycles. The second-order valence-electron chi connectivity index (χ2n) is 6.98. The summed E-state index contributed by atoms with van der Waals surface area (Å²) < 4.78 is 12.7. The predicted molar refractivity (Wildman–Crippen MR) is 122 cm³/mol. The number of carbonyl (C=O) groups excluding carboxylic acids is 2. The highest BCUT2D eigenvalue weighted by molar-refractivity contribution is 7.99. The zero-order valence-corrected chi connectivity index (χ0v) is 19.6. The molecule has 1 N–H and O–H groups in total. The van der Waals surface area contributed by atoms with Crippen LogP contribution in [0.25, 0.3) is 17.1 Å². The molecule has 32 heavy (non-hydrogen) atoms. The lowest BCUT2D eigenvalue weighted by molar-refractivity contribution is -0.113. The molecule has 0 aliphatic rings.